The van der Waals surface area contributed by atoms with E-state index in [1.807, 2.05) is 18.2 Å². The minimum atomic E-state index is 0.548. The van der Waals surface area contributed by atoms with Gasteiger partial charge in [0.25, 0.3) is 0 Å². The molecule has 0 saturated heterocycles. The van der Waals surface area contributed by atoms with E-state index < -0.39 is 0 Å². The van der Waals surface area contributed by atoms with E-state index in [4.69, 9.17) is 10.5 Å². The van der Waals surface area contributed by atoms with Gasteiger partial charge in [0.1, 0.15) is 5.75 Å². The van der Waals surface area contributed by atoms with Crippen molar-refractivity contribution in [1.29, 1.82) is 0 Å². The van der Waals surface area contributed by atoms with Gasteiger partial charge < -0.3 is 10.5 Å². The Hall–Kier alpha value is -1.80. The fourth-order valence-electron chi connectivity index (χ4n) is 1.93. The maximum absolute atomic E-state index is 5.78. The summed E-state index contributed by atoms with van der Waals surface area (Å²) >= 11 is 0. The number of nitrogens with two attached hydrogens (primary N) is 1. The van der Waals surface area contributed by atoms with Gasteiger partial charge >= 0.3 is 0 Å². The van der Waals surface area contributed by atoms with Crippen LogP contribution in [0.15, 0.2) is 42.5 Å². The highest BCUT2D eigenvalue weighted by molar-refractivity contribution is 5.69. The predicted molar refractivity (Wildman–Crippen MR) is 71.1 cm³/mol. The fraction of sp³-hybridized carbons (Fsp3) is 0.200. The van der Waals surface area contributed by atoms with Crippen molar-refractivity contribution in [3.05, 3.63) is 53.6 Å². The first-order chi connectivity index (χ1) is 8.24. The van der Waals surface area contributed by atoms with Gasteiger partial charge in [0.2, 0.25) is 0 Å². The van der Waals surface area contributed by atoms with E-state index >= 15 is 0 Å². The van der Waals surface area contributed by atoms with Crippen LogP contribution in [0.2, 0.25) is 0 Å². The van der Waals surface area contributed by atoms with Crippen molar-refractivity contribution >= 4 is 0 Å². The van der Waals surface area contributed by atoms with Crippen LogP contribution < -0.4 is 10.5 Å². The number of methoxy groups -OCH3 is 1. The third-order valence-electron chi connectivity index (χ3n) is 2.87. The van der Waals surface area contributed by atoms with Crippen molar-refractivity contribution in [2.45, 2.75) is 13.5 Å². The van der Waals surface area contributed by atoms with Crippen LogP contribution in [0.3, 0.4) is 0 Å². The Labute approximate surface area is 102 Å². The van der Waals surface area contributed by atoms with Crippen LogP contribution in [-0.4, -0.2) is 7.11 Å². The van der Waals surface area contributed by atoms with Gasteiger partial charge in [-0.25, -0.2) is 0 Å². The molecule has 0 saturated carbocycles. The summed E-state index contributed by atoms with van der Waals surface area (Å²) in [6.07, 6.45) is 0. The summed E-state index contributed by atoms with van der Waals surface area (Å²) in [6, 6.07) is 14.4. The van der Waals surface area contributed by atoms with E-state index in [0.717, 1.165) is 16.9 Å². The van der Waals surface area contributed by atoms with Crippen LogP contribution in [0.5, 0.6) is 5.75 Å². The zero-order valence-electron chi connectivity index (χ0n) is 10.2. The molecule has 2 rings (SSSR count). The maximum atomic E-state index is 5.78. The minimum absolute atomic E-state index is 0.548. The highest BCUT2D eigenvalue weighted by atomic mass is 16.5. The molecule has 0 aliphatic carbocycles. The Morgan fingerprint density at radius 2 is 1.94 bits per heavy atom. The number of hydrogen-bond donors (Lipinski definition) is 1. The van der Waals surface area contributed by atoms with Crippen molar-refractivity contribution < 1.29 is 4.74 Å². The lowest BCUT2D eigenvalue weighted by atomic mass is 9.97. The van der Waals surface area contributed by atoms with Crippen molar-refractivity contribution in [3.8, 4) is 16.9 Å². The molecule has 0 radical (unpaired) electrons. The van der Waals surface area contributed by atoms with Gasteiger partial charge in [-0.15, -0.1) is 0 Å². The Kier molecular flexibility index (Phi) is 3.45. The monoisotopic (exact) mass is 227 g/mol. The zero-order valence-corrected chi connectivity index (χ0v) is 10.2. The first-order valence-corrected chi connectivity index (χ1v) is 5.68. The molecule has 0 bridgehead atoms. The fourth-order valence-corrected chi connectivity index (χ4v) is 1.93. The summed E-state index contributed by atoms with van der Waals surface area (Å²) < 4.78 is 5.25. The Bertz CT molecular complexity index is 520. The molecule has 0 heterocycles. The molecule has 0 fully saturated rings. The quantitative estimate of drug-likeness (QED) is 0.874. The molecular formula is C15H17NO. The number of aryl methyl sites for hydroxylation is 1. The van der Waals surface area contributed by atoms with Crippen LogP contribution in [0, 0.1) is 6.92 Å². The number of ether oxygens (including phenoxy) is 1. The topological polar surface area (TPSA) is 35.2 Å². The summed E-state index contributed by atoms with van der Waals surface area (Å²) in [5, 5.41) is 0. The van der Waals surface area contributed by atoms with E-state index in [-0.39, 0.29) is 0 Å². The molecule has 2 nitrogen and oxygen atoms in total. The Balaban J connectivity index is 2.54. The molecule has 0 atom stereocenters. The highest BCUT2D eigenvalue weighted by Crippen LogP contribution is 2.27. The van der Waals surface area contributed by atoms with Crippen molar-refractivity contribution in [3.63, 3.8) is 0 Å². The van der Waals surface area contributed by atoms with E-state index in [9.17, 15) is 0 Å². The van der Waals surface area contributed by atoms with Gasteiger partial charge in [-0.1, -0.05) is 35.9 Å². The molecule has 2 heteroatoms. The molecule has 0 aliphatic rings. The lowest BCUT2D eigenvalue weighted by Crippen LogP contribution is -1.99. The number of benzene rings is 2. The van der Waals surface area contributed by atoms with Gasteiger partial charge in [0.15, 0.2) is 0 Å². The van der Waals surface area contributed by atoms with E-state index in [0.29, 0.717) is 6.54 Å². The molecule has 0 aliphatic heterocycles. The average molecular weight is 227 g/mol. The summed E-state index contributed by atoms with van der Waals surface area (Å²) in [5.74, 6) is 0.868. The van der Waals surface area contributed by atoms with E-state index in [2.05, 4.69) is 31.2 Å². The van der Waals surface area contributed by atoms with Crippen LogP contribution in [0.1, 0.15) is 11.1 Å². The maximum Gasteiger partial charge on any atom is 0.119 e. The second-order valence-corrected chi connectivity index (χ2v) is 4.10. The molecule has 17 heavy (non-hydrogen) atoms. The SMILES string of the molecule is COc1cccc(-c2cc(C)ccc2CN)c1. The first-order valence-electron chi connectivity index (χ1n) is 5.68. The highest BCUT2D eigenvalue weighted by Gasteiger charge is 2.05. The normalized spacial score (nSPS) is 10.3. The second-order valence-electron chi connectivity index (χ2n) is 4.10. The number of rotatable bonds is 3. The van der Waals surface area contributed by atoms with Crippen LogP contribution >= 0.6 is 0 Å². The van der Waals surface area contributed by atoms with Crippen molar-refractivity contribution in [1.82, 2.24) is 0 Å². The Morgan fingerprint density at radius 1 is 1.12 bits per heavy atom. The molecule has 0 spiro atoms. The van der Waals surface area contributed by atoms with Gasteiger partial charge in [0, 0.05) is 6.54 Å². The van der Waals surface area contributed by atoms with Gasteiger partial charge in [-0.3, -0.25) is 0 Å². The van der Waals surface area contributed by atoms with Crippen LogP contribution in [-0.2, 0) is 6.54 Å². The third-order valence-corrected chi connectivity index (χ3v) is 2.87. The molecule has 0 aromatic heterocycles. The predicted octanol–water partition coefficient (Wildman–Crippen LogP) is 3.13. The minimum Gasteiger partial charge on any atom is -0.497 e. The van der Waals surface area contributed by atoms with Crippen LogP contribution in [0.4, 0.5) is 0 Å². The molecule has 2 aromatic carbocycles. The summed E-state index contributed by atoms with van der Waals surface area (Å²) in [6.45, 7) is 2.64. The lowest BCUT2D eigenvalue weighted by molar-refractivity contribution is 0.415. The molecule has 88 valence electrons. The first kappa shape index (κ1) is 11.7. The molecule has 0 amide bonds. The zero-order chi connectivity index (χ0) is 12.3. The summed E-state index contributed by atoms with van der Waals surface area (Å²) in [5.41, 5.74) is 10.5. The largest absolute Gasteiger partial charge is 0.497 e. The second kappa shape index (κ2) is 5.02. The average Bonchev–Trinajstić information content (AvgIpc) is 2.39. The van der Waals surface area contributed by atoms with Gasteiger partial charge in [-0.2, -0.15) is 0 Å². The Morgan fingerprint density at radius 3 is 2.65 bits per heavy atom. The van der Waals surface area contributed by atoms with Crippen molar-refractivity contribution in [2.24, 2.45) is 5.73 Å². The lowest BCUT2D eigenvalue weighted by Gasteiger charge is -2.10. The number of hydrogen-bond acceptors (Lipinski definition) is 2. The third kappa shape index (κ3) is 2.48. The van der Waals surface area contributed by atoms with Crippen LogP contribution in [0.25, 0.3) is 11.1 Å². The van der Waals surface area contributed by atoms with Gasteiger partial charge in [0.05, 0.1) is 7.11 Å². The molecular weight excluding hydrogens is 210 g/mol. The van der Waals surface area contributed by atoms with Gasteiger partial charge in [-0.05, 0) is 35.7 Å². The van der Waals surface area contributed by atoms with E-state index in [1.165, 1.54) is 11.1 Å². The summed E-state index contributed by atoms with van der Waals surface area (Å²) in [7, 11) is 1.68. The molecule has 0 unspecified atom stereocenters. The van der Waals surface area contributed by atoms with E-state index in [1.54, 1.807) is 7.11 Å². The summed E-state index contributed by atoms with van der Waals surface area (Å²) in [4.78, 5) is 0. The smallest absolute Gasteiger partial charge is 0.119 e. The van der Waals surface area contributed by atoms with Crippen molar-refractivity contribution in [2.75, 3.05) is 7.11 Å². The molecule has 2 N–H and O–H groups in total. The standard InChI is InChI=1S/C15H17NO/c1-11-6-7-13(10-16)15(8-11)12-4-3-5-14(9-12)17-2/h3-9H,10,16H2,1-2H3. The molecule has 2 aromatic rings.